The number of hydrogen-bond donors (Lipinski definition) is 2. The first kappa shape index (κ1) is 24.0. The summed E-state index contributed by atoms with van der Waals surface area (Å²) in [4.78, 5) is 50.3. The lowest BCUT2D eigenvalue weighted by Gasteiger charge is -2.15. The van der Waals surface area contributed by atoms with E-state index >= 15 is 0 Å². The van der Waals surface area contributed by atoms with Gasteiger partial charge in [-0.2, -0.15) is 0 Å². The summed E-state index contributed by atoms with van der Waals surface area (Å²) in [7, 11) is 3.27. The molecule has 8 heteroatoms. The number of carbonyl (C=O) groups is 4. The van der Waals surface area contributed by atoms with Crippen LogP contribution in [-0.2, 0) is 19.2 Å². The summed E-state index contributed by atoms with van der Waals surface area (Å²) >= 11 is 0. The van der Waals surface area contributed by atoms with Crippen molar-refractivity contribution in [3.8, 4) is 0 Å². The molecule has 0 unspecified atom stereocenters. The average molecular weight is 493 g/mol. The molecule has 2 aliphatic heterocycles. The molecule has 4 rings (SSSR count). The number of amides is 4. The molecule has 0 aromatic heterocycles. The molecule has 0 spiro atoms. The van der Waals surface area contributed by atoms with Gasteiger partial charge in [-0.15, -0.1) is 0 Å². The van der Waals surface area contributed by atoms with Crippen LogP contribution in [0.25, 0.3) is 11.1 Å². The summed E-state index contributed by atoms with van der Waals surface area (Å²) in [6.45, 7) is 11.3. The van der Waals surface area contributed by atoms with Gasteiger partial charge in [-0.3, -0.25) is 29.8 Å². The van der Waals surface area contributed by atoms with Gasteiger partial charge in [-0.25, -0.2) is 0 Å². The molecule has 2 aromatic carbocycles. The van der Waals surface area contributed by atoms with Gasteiger partial charge in [0, 0.05) is 20.9 Å². The quantitative estimate of drug-likeness (QED) is 0.469. The molecule has 4 amide bonds. The fourth-order valence-corrected chi connectivity index (χ4v) is 7.32. The van der Waals surface area contributed by atoms with Crippen LogP contribution in [0.5, 0.6) is 0 Å². The molecule has 0 fully saturated rings. The van der Waals surface area contributed by atoms with Crippen molar-refractivity contribution in [2.24, 2.45) is 0 Å². The average Bonchev–Trinajstić information content (AvgIpc) is 3.15. The van der Waals surface area contributed by atoms with E-state index in [2.05, 4.69) is 10.6 Å². The first-order chi connectivity index (χ1) is 16.0. The molecule has 0 radical (unpaired) electrons. The number of hydrogen-bond acceptors (Lipinski definition) is 6. The van der Waals surface area contributed by atoms with Gasteiger partial charge < -0.3 is 0 Å². The van der Waals surface area contributed by atoms with Crippen molar-refractivity contribution < 1.29 is 19.2 Å². The third-order valence-electron chi connectivity index (χ3n) is 6.05. The van der Waals surface area contributed by atoms with E-state index in [0.29, 0.717) is 22.3 Å². The number of benzene rings is 2. The Balaban J connectivity index is 1.61. The Bertz CT molecular complexity index is 1230. The van der Waals surface area contributed by atoms with Gasteiger partial charge in [0.05, 0.1) is 11.1 Å². The molecule has 0 bridgehead atoms. The lowest BCUT2D eigenvalue weighted by Crippen LogP contribution is -2.22. The Morgan fingerprint density at radius 3 is 1.03 bits per heavy atom. The van der Waals surface area contributed by atoms with Gasteiger partial charge in [0.15, 0.2) is 0 Å². The van der Waals surface area contributed by atoms with Crippen LogP contribution in [0.4, 0.5) is 0 Å². The second kappa shape index (κ2) is 8.92. The summed E-state index contributed by atoms with van der Waals surface area (Å²) in [5, 5.41) is 4.70. The standard InChI is InChI=1S/C26H24N2O4S2/c1-11-7-17(19-15(5)23(29)27-25(19)31)8-12(2)21(11)33-34-22-13(3)9-18(10-14(22)4)20-16(6)24(30)28-26(20)32/h7-10H,1-6H3,(H,27,29,31)(H,28,30,32). The first-order valence-electron chi connectivity index (χ1n) is 10.7. The van der Waals surface area contributed by atoms with Gasteiger partial charge in [0.25, 0.3) is 23.6 Å². The van der Waals surface area contributed by atoms with Crippen molar-refractivity contribution in [1.29, 1.82) is 0 Å². The van der Waals surface area contributed by atoms with Crippen LogP contribution in [0.1, 0.15) is 47.2 Å². The topological polar surface area (TPSA) is 92.3 Å². The summed E-state index contributed by atoms with van der Waals surface area (Å²) in [6, 6.07) is 7.78. The van der Waals surface area contributed by atoms with E-state index in [1.807, 2.05) is 52.0 Å². The zero-order valence-corrected chi connectivity index (χ0v) is 21.4. The lowest BCUT2D eigenvalue weighted by atomic mass is 9.98. The smallest absolute Gasteiger partial charge is 0.259 e. The first-order valence-corrected chi connectivity index (χ1v) is 12.9. The Morgan fingerprint density at radius 2 is 0.794 bits per heavy atom. The van der Waals surface area contributed by atoms with Gasteiger partial charge in [0.1, 0.15) is 0 Å². The Labute approximate surface area is 206 Å². The molecule has 2 N–H and O–H groups in total. The molecule has 2 aliphatic rings. The maximum Gasteiger partial charge on any atom is 0.259 e. The predicted molar refractivity (Wildman–Crippen MR) is 135 cm³/mol. The van der Waals surface area contributed by atoms with Crippen molar-refractivity contribution in [1.82, 2.24) is 10.6 Å². The highest BCUT2D eigenvalue weighted by Crippen LogP contribution is 2.45. The Kier molecular flexibility index (Phi) is 6.31. The van der Waals surface area contributed by atoms with E-state index in [0.717, 1.165) is 43.2 Å². The minimum Gasteiger partial charge on any atom is -0.288 e. The normalized spacial score (nSPS) is 16.1. The van der Waals surface area contributed by atoms with E-state index in [-0.39, 0.29) is 23.6 Å². The molecule has 0 saturated carbocycles. The highest BCUT2D eigenvalue weighted by Gasteiger charge is 2.30. The van der Waals surface area contributed by atoms with Crippen molar-refractivity contribution in [2.75, 3.05) is 0 Å². The predicted octanol–water partition coefficient (Wildman–Crippen LogP) is 4.58. The Morgan fingerprint density at radius 1 is 0.500 bits per heavy atom. The zero-order chi connectivity index (χ0) is 24.9. The second-order valence-corrected chi connectivity index (χ2v) is 10.8. The lowest BCUT2D eigenvalue weighted by molar-refractivity contribution is -0.125. The van der Waals surface area contributed by atoms with Gasteiger partial charge in [-0.1, -0.05) is 45.9 Å². The SMILES string of the molecule is CC1=C(c2cc(C)c(SSc3c(C)cc(C4=C(C)C(=O)NC4=O)cc3C)c(C)c2)C(=O)NC1=O. The molecule has 174 valence electrons. The molecular formula is C26H24N2O4S2. The van der Waals surface area contributed by atoms with Crippen LogP contribution in [0.3, 0.4) is 0 Å². The van der Waals surface area contributed by atoms with E-state index in [4.69, 9.17) is 0 Å². The van der Waals surface area contributed by atoms with E-state index in [1.165, 1.54) is 0 Å². The molecular weight excluding hydrogens is 468 g/mol. The Hall–Kier alpha value is -3.10. The second-order valence-electron chi connectivity index (χ2n) is 8.61. The number of imide groups is 2. The largest absolute Gasteiger partial charge is 0.288 e. The number of nitrogens with one attached hydrogen (secondary N) is 2. The van der Waals surface area contributed by atoms with Gasteiger partial charge in [0.2, 0.25) is 0 Å². The van der Waals surface area contributed by atoms with Crippen LogP contribution >= 0.6 is 21.6 Å². The third-order valence-corrected chi connectivity index (χ3v) is 9.00. The van der Waals surface area contributed by atoms with Crippen LogP contribution in [0.15, 0.2) is 45.2 Å². The molecule has 2 heterocycles. The molecule has 0 atom stereocenters. The van der Waals surface area contributed by atoms with E-state index < -0.39 is 0 Å². The van der Waals surface area contributed by atoms with Crippen molar-refractivity contribution in [3.05, 3.63) is 68.8 Å². The minimum absolute atomic E-state index is 0.343. The van der Waals surface area contributed by atoms with Crippen molar-refractivity contribution >= 4 is 56.4 Å². The van der Waals surface area contributed by atoms with Crippen LogP contribution in [0.2, 0.25) is 0 Å². The van der Waals surface area contributed by atoms with E-state index in [9.17, 15) is 19.2 Å². The summed E-state index contributed by atoms with van der Waals surface area (Å²) in [5.41, 5.74) is 7.32. The van der Waals surface area contributed by atoms with Crippen molar-refractivity contribution in [3.63, 3.8) is 0 Å². The highest BCUT2D eigenvalue weighted by molar-refractivity contribution is 8.76. The maximum absolute atomic E-state index is 12.2. The molecule has 34 heavy (non-hydrogen) atoms. The number of carbonyl (C=O) groups excluding carboxylic acids is 4. The van der Waals surface area contributed by atoms with Crippen LogP contribution in [0, 0.1) is 27.7 Å². The van der Waals surface area contributed by atoms with E-state index in [1.54, 1.807) is 35.4 Å². The maximum atomic E-state index is 12.2. The molecule has 6 nitrogen and oxygen atoms in total. The number of rotatable bonds is 5. The fourth-order valence-electron chi connectivity index (χ4n) is 4.32. The molecule has 0 aliphatic carbocycles. The van der Waals surface area contributed by atoms with Crippen LogP contribution in [-0.4, -0.2) is 23.6 Å². The molecule has 0 saturated heterocycles. The monoisotopic (exact) mass is 492 g/mol. The van der Waals surface area contributed by atoms with Crippen LogP contribution < -0.4 is 10.6 Å². The highest BCUT2D eigenvalue weighted by atomic mass is 33.1. The number of aryl methyl sites for hydroxylation is 4. The third kappa shape index (κ3) is 4.12. The molecule has 2 aromatic rings. The van der Waals surface area contributed by atoms with Crippen molar-refractivity contribution in [2.45, 2.75) is 51.3 Å². The zero-order valence-electron chi connectivity index (χ0n) is 19.8. The fraction of sp³-hybridized carbons (Fsp3) is 0.231. The minimum atomic E-state index is -0.356. The van der Waals surface area contributed by atoms with Gasteiger partial charge >= 0.3 is 0 Å². The summed E-state index contributed by atoms with van der Waals surface area (Å²) in [6.07, 6.45) is 0. The van der Waals surface area contributed by atoms with Gasteiger partial charge in [-0.05, 0) is 74.9 Å². The summed E-state index contributed by atoms with van der Waals surface area (Å²) < 4.78 is 0. The summed E-state index contributed by atoms with van der Waals surface area (Å²) in [5.74, 6) is -1.40.